The fourth-order valence-corrected chi connectivity index (χ4v) is 5.47. The molecule has 0 saturated carbocycles. The number of hydrogen-bond donors (Lipinski definition) is 0. The molecule has 1 unspecified atom stereocenters. The summed E-state index contributed by atoms with van der Waals surface area (Å²) in [5.74, 6) is 1.02. The van der Waals surface area contributed by atoms with Crippen molar-refractivity contribution in [2.75, 3.05) is 36.6 Å². The van der Waals surface area contributed by atoms with Gasteiger partial charge in [0.15, 0.2) is 9.84 Å². The second kappa shape index (κ2) is 9.41. The number of likely N-dealkylation sites (N-methyl/N-ethyl adjacent to an activating group) is 1. The van der Waals surface area contributed by atoms with Crippen molar-refractivity contribution in [2.24, 2.45) is 0 Å². The largest absolute Gasteiger partial charge is 0.497 e. The molecule has 1 atom stereocenters. The SMILES string of the molecule is CCN(C(=O)CN(Cc1ccc(OC)cc1)C1CCS(=O)(=O)C1)c1ccccc1. The third-order valence-electron chi connectivity index (χ3n) is 5.29. The lowest BCUT2D eigenvalue weighted by Crippen LogP contribution is -2.45. The maximum atomic E-state index is 13.1. The molecular weight excluding hydrogens is 388 g/mol. The molecule has 0 bridgehead atoms. The van der Waals surface area contributed by atoms with Crippen molar-refractivity contribution >= 4 is 21.4 Å². The highest BCUT2D eigenvalue weighted by Gasteiger charge is 2.33. The number of sulfone groups is 1. The van der Waals surface area contributed by atoms with Crippen molar-refractivity contribution in [1.82, 2.24) is 4.90 Å². The first-order valence-electron chi connectivity index (χ1n) is 9.84. The molecule has 1 heterocycles. The quantitative estimate of drug-likeness (QED) is 0.662. The lowest BCUT2D eigenvalue weighted by Gasteiger charge is -2.30. The van der Waals surface area contributed by atoms with Gasteiger partial charge in [-0.15, -0.1) is 0 Å². The van der Waals surface area contributed by atoms with Crippen molar-refractivity contribution in [1.29, 1.82) is 0 Å². The average molecular weight is 417 g/mol. The van der Waals surface area contributed by atoms with Crippen LogP contribution in [0.1, 0.15) is 18.9 Å². The Morgan fingerprint density at radius 2 is 1.79 bits per heavy atom. The van der Waals surface area contributed by atoms with E-state index in [9.17, 15) is 13.2 Å². The summed E-state index contributed by atoms with van der Waals surface area (Å²) < 4.78 is 29.3. The molecule has 1 fully saturated rings. The van der Waals surface area contributed by atoms with E-state index in [1.54, 1.807) is 12.0 Å². The van der Waals surface area contributed by atoms with Crippen LogP contribution in [0.2, 0.25) is 0 Å². The fourth-order valence-electron chi connectivity index (χ4n) is 3.71. The Balaban J connectivity index is 1.79. The molecule has 1 aliphatic rings. The Morgan fingerprint density at radius 1 is 1.10 bits per heavy atom. The Morgan fingerprint density at radius 3 is 2.34 bits per heavy atom. The number of carbonyl (C=O) groups excluding carboxylic acids is 1. The van der Waals surface area contributed by atoms with Crippen LogP contribution in [0.5, 0.6) is 5.75 Å². The average Bonchev–Trinajstić information content (AvgIpc) is 3.09. The van der Waals surface area contributed by atoms with Gasteiger partial charge in [0, 0.05) is 24.8 Å². The Bertz CT molecular complexity index is 914. The lowest BCUT2D eigenvalue weighted by atomic mass is 10.1. The summed E-state index contributed by atoms with van der Waals surface area (Å²) in [6.45, 7) is 3.19. The van der Waals surface area contributed by atoms with Crippen LogP contribution in [0.3, 0.4) is 0 Å². The predicted octanol–water partition coefficient (Wildman–Crippen LogP) is 2.74. The molecule has 6 nitrogen and oxygen atoms in total. The van der Waals surface area contributed by atoms with Crippen molar-refractivity contribution in [3.63, 3.8) is 0 Å². The molecule has 0 aliphatic carbocycles. The first kappa shape index (κ1) is 21.3. The van der Waals surface area contributed by atoms with E-state index in [1.165, 1.54) is 0 Å². The number of benzene rings is 2. The molecule has 0 N–H and O–H groups in total. The van der Waals surface area contributed by atoms with Gasteiger partial charge in [-0.1, -0.05) is 30.3 Å². The lowest BCUT2D eigenvalue weighted by molar-refractivity contribution is -0.120. The van der Waals surface area contributed by atoms with E-state index in [1.807, 2.05) is 66.4 Å². The second-order valence-electron chi connectivity index (χ2n) is 7.28. The molecule has 2 aromatic rings. The monoisotopic (exact) mass is 416 g/mol. The van der Waals surface area contributed by atoms with Gasteiger partial charge in [0.25, 0.3) is 0 Å². The van der Waals surface area contributed by atoms with Crippen LogP contribution < -0.4 is 9.64 Å². The van der Waals surface area contributed by atoms with E-state index in [0.29, 0.717) is 19.5 Å². The van der Waals surface area contributed by atoms with E-state index in [0.717, 1.165) is 17.0 Å². The van der Waals surface area contributed by atoms with E-state index >= 15 is 0 Å². The number of hydrogen-bond acceptors (Lipinski definition) is 5. The maximum Gasteiger partial charge on any atom is 0.241 e. The molecular formula is C22H28N2O4S. The third kappa shape index (κ3) is 5.58. The smallest absolute Gasteiger partial charge is 0.241 e. The van der Waals surface area contributed by atoms with Crippen molar-refractivity contribution < 1.29 is 17.9 Å². The topological polar surface area (TPSA) is 66.9 Å². The minimum atomic E-state index is -3.04. The first-order valence-corrected chi connectivity index (χ1v) is 11.7. The van der Waals surface area contributed by atoms with Gasteiger partial charge >= 0.3 is 0 Å². The number of amides is 1. The highest BCUT2D eigenvalue weighted by atomic mass is 32.2. The van der Waals surface area contributed by atoms with Gasteiger partial charge in [0.05, 0.1) is 25.2 Å². The van der Waals surface area contributed by atoms with Crippen LogP contribution >= 0.6 is 0 Å². The van der Waals surface area contributed by atoms with Crippen LogP contribution in [-0.2, 0) is 21.2 Å². The highest BCUT2D eigenvalue weighted by molar-refractivity contribution is 7.91. The van der Waals surface area contributed by atoms with Crippen LogP contribution in [-0.4, -0.2) is 57.0 Å². The van der Waals surface area contributed by atoms with E-state index in [-0.39, 0.29) is 30.0 Å². The number of methoxy groups -OCH3 is 1. The van der Waals surface area contributed by atoms with E-state index in [4.69, 9.17) is 4.74 Å². The summed E-state index contributed by atoms with van der Waals surface area (Å²) in [6, 6.07) is 17.1. The van der Waals surface area contributed by atoms with Gasteiger partial charge in [0.1, 0.15) is 5.75 Å². The minimum Gasteiger partial charge on any atom is -0.497 e. The van der Waals surface area contributed by atoms with Crippen molar-refractivity contribution in [2.45, 2.75) is 25.9 Å². The molecule has 2 aromatic carbocycles. The normalized spacial score (nSPS) is 18.0. The molecule has 1 aliphatic heterocycles. The number of anilines is 1. The summed E-state index contributed by atoms with van der Waals surface area (Å²) in [4.78, 5) is 16.8. The van der Waals surface area contributed by atoms with Crippen LogP contribution in [0.25, 0.3) is 0 Å². The molecule has 0 spiro atoms. The maximum absolute atomic E-state index is 13.1. The first-order chi connectivity index (χ1) is 13.9. The summed E-state index contributed by atoms with van der Waals surface area (Å²) >= 11 is 0. The second-order valence-corrected chi connectivity index (χ2v) is 9.51. The zero-order chi connectivity index (χ0) is 20.9. The Kier molecular flexibility index (Phi) is 6.92. The molecule has 29 heavy (non-hydrogen) atoms. The standard InChI is InChI=1S/C22H28N2O4S/c1-3-24(19-7-5-4-6-8-19)22(25)16-23(20-13-14-29(26,27)17-20)15-18-9-11-21(28-2)12-10-18/h4-12,20H,3,13-17H2,1-2H3. The molecule has 7 heteroatoms. The van der Waals surface area contributed by atoms with Crippen molar-refractivity contribution in [3.8, 4) is 5.75 Å². The van der Waals surface area contributed by atoms with Gasteiger partial charge in [0.2, 0.25) is 5.91 Å². The molecule has 1 saturated heterocycles. The van der Waals surface area contributed by atoms with Crippen LogP contribution in [0.15, 0.2) is 54.6 Å². The van der Waals surface area contributed by atoms with Gasteiger partial charge in [-0.3, -0.25) is 9.69 Å². The third-order valence-corrected chi connectivity index (χ3v) is 7.04. The fraction of sp³-hybridized carbons (Fsp3) is 0.409. The van der Waals surface area contributed by atoms with Crippen LogP contribution in [0, 0.1) is 0 Å². The minimum absolute atomic E-state index is 0.0310. The van der Waals surface area contributed by atoms with Gasteiger partial charge in [-0.05, 0) is 43.2 Å². The molecule has 1 amide bonds. The Labute approximate surface area is 173 Å². The van der Waals surface area contributed by atoms with Gasteiger partial charge in [-0.2, -0.15) is 0 Å². The number of nitrogens with zero attached hydrogens (tertiary/aromatic N) is 2. The van der Waals surface area contributed by atoms with Crippen LogP contribution in [0.4, 0.5) is 5.69 Å². The number of carbonyl (C=O) groups is 1. The molecule has 156 valence electrons. The number of ether oxygens (including phenoxy) is 1. The number of rotatable bonds is 8. The summed E-state index contributed by atoms with van der Waals surface area (Å²) in [5.41, 5.74) is 1.87. The van der Waals surface area contributed by atoms with E-state index < -0.39 is 9.84 Å². The molecule has 0 aromatic heterocycles. The van der Waals surface area contributed by atoms with Gasteiger partial charge < -0.3 is 9.64 Å². The van der Waals surface area contributed by atoms with Crippen molar-refractivity contribution in [3.05, 3.63) is 60.2 Å². The summed E-state index contributed by atoms with van der Waals surface area (Å²) in [7, 11) is -1.43. The predicted molar refractivity (Wildman–Crippen MR) is 115 cm³/mol. The summed E-state index contributed by atoms with van der Waals surface area (Å²) in [5, 5.41) is 0. The zero-order valence-electron chi connectivity index (χ0n) is 17.0. The number of para-hydroxylation sites is 1. The Hall–Kier alpha value is -2.38. The molecule has 0 radical (unpaired) electrons. The van der Waals surface area contributed by atoms with Gasteiger partial charge in [-0.25, -0.2) is 8.42 Å². The molecule has 3 rings (SSSR count). The summed E-state index contributed by atoms with van der Waals surface area (Å²) in [6.07, 6.45) is 0.559. The van der Waals surface area contributed by atoms with E-state index in [2.05, 4.69) is 0 Å². The highest BCUT2D eigenvalue weighted by Crippen LogP contribution is 2.22. The zero-order valence-corrected chi connectivity index (χ0v) is 17.8.